The molecule has 82 valence electrons. The molecule has 0 bridgehead atoms. The maximum atomic E-state index is 9.24. The Hall–Kier alpha value is -1.09. The molecule has 1 N–H and O–H groups in total. The number of nitrogens with zero attached hydrogens (tertiary/aromatic N) is 2. The van der Waals surface area contributed by atoms with Crippen molar-refractivity contribution < 1.29 is 5.11 Å². The highest BCUT2D eigenvalue weighted by atomic mass is 16.3. The molecule has 1 aromatic rings. The van der Waals surface area contributed by atoms with Crippen molar-refractivity contribution in [2.45, 2.75) is 26.4 Å². The maximum Gasteiger partial charge on any atom is 0.0717 e. The molecule has 0 saturated heterocycles. The van der Waals surface area contributed by atoms with Crippen molar-refractivity contribution >= 4 is 5.69 Å². The van der Waals surface area contributed by atoms with Gasteiger partial charge in [-0.3, -0.25) is 4.98 Å². The zero-order chi connectivity index (χ0) is 10.8. The third-order valence-corrected chi connectivity index (χ3v) is 2.91. The molecule has 1 saturated carbocycles. The van der Waals surface area contributed by atoms with E-state index in [1.807, 2.05) is 13.0 Å². The first-order valence-corrected chi connectivity index (χ1v) is 5.48. The zero-order valence-corrected chi connectivity index (χ0v) is 9.40. The van der Waals surface area contributed by atoms with Crippen LogP contribution in [0, 0.1) is 12.8 Å². The van der Waals surface area contributed by atoms with Crippen molar-refractivity contribution in [3.05, 3.63) is 23.5 Å². The van der Waals surface area contributed by atoms with Crippen LogP contribution in [0.5, 0.6) is 0 Å². The topological polar surface area (TPSA) is 36.4 Å². The third-order valence-electron chi connectivity index (χ3n) is 2.91. The van der Waals surface area contributed by atoms with Gasteiger partial charge in [0.1, 0.15) is 0 Å². The van der Waals surface area contributed by atoms with Crippen LogP contribution in [-0.4, -0.2) is 23.7 Å². The fraction of sp³-hybridized carbons (Fsp3) is 0.583. The van der Waals surface area contributed by atoms with Crippen molar-refractivity contribution in [2.24, 2.45) is 5.92 Å². The van der Waals surface area contributed by atoms with Gasteiger partial charge in [-0.15, -0.1) is 0 Å². The van der Waals surface area contributed by atoms with E-state index in [0.717, 1.165) is 29.4 Å². The van der Waals surface area contributed by atoms with Crippen LogP contribution in [0.25, 0.3) is 0 Å². The molecule has 1 aliphatic carbocycles. The van der Waals surface area contributed by atoms with E-state index in [1.165, 1.54) is 12.8 Å². The molecule has 0 amide bonds. The molecule has 3 heteroatoms. The molecule has 1 fully saturated rings. The van der Waals surface area contributed by atoms with E-state index in [9.17, 15) is 5.11 Å². The molecule has 0 radical (unpaired) electrons. The molecule has 0 unspecified atom stereocenters. The highest BCUT2D eigenvalue weighted by molar-refractivity contribution is 5.52. The average molecular weight is 206 g/mol. The number of hydrogen-bond acceptors (Lipinski definition) is 3. The Kier molecular flexibility index (Phi) is 2.91. The summed E-state index contributed by atoms with van der Waals surface area (Å²) in [4.78, 5) is 6.44. The number of rotatable bonds is 4. The van der Waals surface area contributed by atoms with Crippen LogP contribution < -0.4 is 4.90 Å². The van der Waals surface area contributed by atoms with E-state index in [2.05, 4.69) is 16.9 Å². The van der Waals surface area contributed by atoms with E-state index in [4.69, 9.17) is 0 Å². The first-order valence-electron chi connectivity index (χ1n) is 5.48. The van der Waals surface area contributed by atoms with E-state index < -0.39 is 0 Å². The quantitative estimate of drug-likeness (QED) is 0.815. The van der Waals surface area contributed by atoms with Gasteiger partial charge in [0.15, 0.2) is 0 Å². The highest BCUT2D eigenvalue weighted by Crippen LogP contribution is 2.31. The Morgan fingerprint density at radius 3 is 2.87 bits per heavy atom. The smallest absolute Gasteiger partial charge is 0.0717 e. The van der Waals surface area contributed by atoms with Gasteiger partial charge < -0.3 is 10.0 Å². The molecule has 0 aromatic carbocycles. The van der Waals surface area contributed by atoms with Crippen LogP contribution in [0.3, 0.4) is 0 Å². The van der Waals surface area contributed by atoms with E-state index in [-0.39, 0.29) is 6.61 Å². The SMILES string of the molecule is Cc1cc(N(C)CC2CC2)c(CO)cn1. The zero-order valence-electron chi connectivity index (χ0n) is 9.40. The summed E-state index contributed by atoms with van der Waals surface area (Å²) in [5, 5.41) is 9.24. The maximum absolute atomic E-state index is 9.24. The Morgan fingerprint density at radius 2 is 2.27 bits per heavy atom. The molecular formula is C12H18N2O. The molecule has 1 aromatic heterocycles. The van der Waals surface area contributed by atoms with Crippen molar-refractivity contribution in [1.29, 1.82) is 0 Å². The number of aliphatic hydroxyl groups excluding tert-OH is 1. The Balaban J connectivity index is 2.18. The second kappa shape index (κ2) is 4.19. The van der Waals surface area contributed by atoms with Crippen LogP contribution in [0.2, 0.25) is 0 Å². The van der Waals surface area contributed by atoms with Gasteiger partial charge in [0.05, 0.1) is 6.61 Å². The Morgan fingerprint density at radius 1 is 1.53 bits per heavy atom. The monoisotopic (exact) mass is 206 g/mol. The summed E-state index contributed by atoms with van der Waals surface area (Å²) in [6.45, 7) is 3.14. The molecule has 0 spiro atoms. The number of aliphatic hydroxyl groups is 1. The van der Waals surface area contributed by atoms with Gasteiger partial charge in [0, 0.05) is 36.7 Å². The Bertz CT molecular complexity index is 347. The second-order valence-electron chi connectivity index (χ2n) is 4.44. The number of aromatic nitrogens is 1. The average Bonchev–Trinajstić information content (AvgIpc) is 3.01. The van der Waals surface area contributed by atoms with Gasteiger partial charge in [-0.1, -0.05) is 0 Å². The first-order chi connectivity index (χ1) is 7.20. The minimum Gasteiger partial charge on any atom is -0.392 e. The van der Waals surface area contributed by atoms with Crippen molar-refractivity contribution in [3.63, 3.8) is 0 Å². The molecule has 0 atom stereocenters. The standard InChI is InChI=1S/C12H18N2O/c1-9-5-12(11(8-15)6-13-9)14(2)7-10-3-4-10/h5-6,10,15H,3-4,7-8H2,1-2H3. The minimum atomic E-state index is 0.0671. The van der Waals surface area contributed by atoms with Crippen molar-refractivity contribution in [1.82, 2.24) is 4.98 Å². The van der Waals surface area contributed by atoms with Gasteiger partial charge in [0.25, 0.3) is 0 Å². The molecule has 2 rings (SSSR count). The van der Waals surface area contributed by atoms with Gasteiger partial charge in [-0.05, 0) is 31.7 Å². The second-order valence-corrected chi connectivity index (χ2v) is 4.44. The van der Waals surface area contributed by atoms with Crippen molar-refractivity contribution in [3.8, 4) is 0 Å². The highest BCUT2D eigenvalue weighted by Gasteiger charge is 2.23. The van der Waals surface area contributed by atoms with Crippen LogP contribution in [0.1, 0.15) is 24.1 Å². The van der Waals surface area contributed by atoms with Gasteiger partial charge in [0.2, 0.25) is 0 Å². The van der Waals surface area contributed by atoms with Gasteiger partial charge in [-0.2, -0.15) is 0 Å². The normalized spacial score (nSPS) is 15.4. The van der Waals surface area contributed by atoms with Crippen LogP contribution in [-0.2, 0) is 6.61 Å². The number of aryl methyl sites for hydroxylation is 1. The summed E-state index contributed by atoms with van der Waals surface area (Å²) in [7, 11) is 2.09. The summed E-state index contributed by atoms with van der Waals surface area (Å²) in [6, 6.07) is 2.05. The molecule has 3 nitrogen and oxygen atoms in total. The largest absolute Gasteiger partial charge is 0.392 e. The van der Waals surface area contributed by atoms with E-state index in [1.54, 1.807) is 6.20 Å². The summed E-state index contributed by atoms with van der Waals surface area (Å²) in [6.07, 6.45) is 4.47. The van der Waals surface area contributed by atoms with Crippen LogP contribution >= 0.6 is 0 Å². The number of pyridine rings is 1. The molecule has 0 aliphatic heterocycles. The summed E-state index contributed by atoms with van der Waals surface area (Å²) < 4.78 is 0. The fourth-order valence-electron chi connectivity index (χ4n) is 1.84. The first kappa shape index (κ1) is 10.4. The lowest BCUT2D eigenvalue weighted by atomic mass is 10.2. The molecular weight excluding hydrogens is 188 g/mol. The fourth-order valence-corrected chi connectivity index (χ4v) is 1.84. The number of hydrogen-bond donors (Lipinski definition) is 1. The third kappa shape index (κ3) is 2.48. The lowest BCUT2D eigenvalue weighted by molar-refractivity contribution is 0.281. The van der Waals surface area contributed by atoms with E-state index in [0.29, 0.717) is 0 Å². The number of anilines is 1. The summed E-state index contributed by atoms with van der Waals surface area (Å²) in [5.74, 6) is 0.856. The predicted octanol–water partition coefficient (Wildman–Crippen LogP) is 1.73. The van der Waals surface area contributed by atoms with Crippen LogP contribution in [0.4, 0.5) is 5.69 Å². The molecule has 1 aliphatic rings. The van der Waals surface area contributed by atoms with Gasteiger partial charge >= 0.3 is 0 Å². The van der Waals surface area contributed by atoms with E-state index >= 15 is 0 Å². The molecule has 15 heavy (non-hydrogen) atoms. The van der Waals surface area contributed by atoms with Gasteiger partial charge in [-0.25, -0.2) is 0 Å². The Labute approximate surface area is 90.8 Å². The minimum absolute atomic E-state index is 0.0671. The lowest BCUT2D eigenvalue weighted by Gasteiger charge is -2.21. The summed E-state index contributed by atoms with van der Waals surface area (Å²) in [5.41, 5.74) is 3.05. The predicted molar refractivity (Wildman–Crippen MR) is 60.9 cm³/mol. The lowest BCUT2D eigenvalue weighted by Crippen LogP contribution is -2.21. The van der Waals surface area contributed by atoms with Crippen LogP contribution in [0.15, 0.2) is 12.3 Å². The van der Waals surface area contributed by atoms with Crippen molar-refractivity contribution in [2.75, 3.05) is 18.5 Å². The molecule has 1 heterocycles. The summed E-state index contributed by atoms with van der Waals surface area (Å²) >= 11 is 0.